The molecule has 0 heterocycles. The highest BCUT2D eigenvalue weighted by Gasteiger charge is 2.11. The highest BCUT2D eigenvalue weighted by atomic mass is 32.1. The van der Waals surface area contributed by atoms with E-state index < -0.39 is 17.2 Å². The maximum atomic E-state index is 9.65. The van der Waals surface area contributed by atoms with E-state index in [9.17, 15) is 30.8 Å². The lowest BCUT2D eigenvalue weighted by molar-refractivity contribution is 0.367. The van der Waals surface area contributed by atoms with Crippen LogP contribution in [-0.2, 0) is 6.54 Å². The number of hydrogen-bond donors (Lipinski definition) is 6. The number of phenolic OH excluding ortho intramolecular Hbond substituents is 5. The molecule has 0 aliphatic rings. The molecule has 6 N–H and O–H groups in total. The second kappa shape index (κ2) is 7.63. The van der Waals surface area contributed by atoms with Gasteiger partial charge in [0.05, 0.1) is 5.57 Å². The summed E-state index contributed by atoms with van der Waals surface area (Å²) in [6.07, 6.45) is 1.45. The van der Waals surface area contributed by atoms with Crippen LogP contribution in [-0.4, -0.2) is 30.5 Å². The minimum Gasteiger partial charge on any atom is -0.504 e. The van der Waals surface area contributed by atoms with Crippen molar-refractivity contribution in [2.24, 2.45) is 0 Å². The molecule has 0 aliphatic heterocycles. The summed E-state index contributed by atoms with van der Waals surface area (Å²) in [5.41, 5.74) is 1.49. The molecule has 0 aromatic heterocycles. The van der Waals surface area contributed by atoms with E-state index in [2.05, 4.69) is 5.32 Å². The first-order chi connectivity index (χ1) is 12.2. The van der Waals surface area contributed by atoms with Crippen LogP contribution in [0.5, 0.6) is 28.7 Å². The SMILES string of the molecule is Cc1cc(/C=C(/C#N)C(=S)NCc2cc(O)c(O)c(O)c2)cc(O)c1O. The van der Waals surface area contributed by atoms with Crippen molar-refractivity contribution in [3.8, 4) is 34.8 Å². The Kier molecular flexibility index (Phi) is 5.54. The van der Waals surface area contributed by atoms with Crippen molar-refractivity contribution in [2.75, 3.05) is 0 Å². The minimum absolute atomic E-state index is 0.0963. The summed E-state index contributed by atoms with van der Waals surface area (Å²) < 4.78 is 0. The molecule has 8 heteroatoms. The zero-order chi connectivity index (χ0) is 19.4. The first kappa shape index (κ1) is 18.9. The molecule has 0 atom stereocenters. The number of thiocarbonyl (C=S) groups is 1. The lowest BCUT2D eigenvalue weighted by Gasteiger charge is -2.10. The van der Waals surface area contributed by atoms with Gasteiger partial charge in [0.1, 0.15) is 11.1 Å². The molecule has 0 unspecified atom stereocenters. The molecule has 2 rings (SSSR count). The summed E-state index contributed by atoms with van der Waals surface area (Å²) in [4.78, 5) is 0.116. The second-order valence-corrected chi connectivity index (χ2v) is 5.95. The first-order valence-corrected chi connectivity index (χ1v) is 7.80. The Hall–Kier alpha value is -3.44. The molecule has 0 bridgehead atoms. The fourth-order valence-corrected chi connectivity index (χ4v) is 2.40. The van der Waals surface area contributed by atoms with Gasteiger partial charge >= 0.3 is 0 Å². The van der Waals surface area contributed by atoms with Gasteiger partial charge in [0.25, 0.3) is 0 Å². The van der Waals surface area contributed by atoms with E-state index >= 15 is 0 Å². The molecule has 0 saturated heterocycles. The molecule has 0 spiro atoms. The van der Waals surface area contributed by atoms with Crippen LogP contribution < -0.4 is 5.32 Å². The number of phenols is 5. The highest BCUT2D eigenvalue weighted by molar-refractivity contribution is 7.80. The van der Waals surface area contributed by atoms with Gasteiger partial charge in [-0.2, -0.15) is 5.26 Å². The molecule has 0 amide bonds. The largest absolute Gasteiger partial charge is 0.504 e. The molecule has 0 aliphatic carbocycles. The number of hydrogen-bond acceptors (Lipinski definition) is 7. The summed E-state index contributed by atoms with van der Waals surface area (Å²) in [5.74, 6) is -2.09. The van der Waals surface area contributed by atoms with Crippen molar-refractivity contribution in [3.63, 3.8) is 0 Å². The first-order valence-electron chi connectivity index (χ1n) is 7.39. The molecule has 2 aromatic rings. The predicted octanol–water partition coefficient (Wildman–Crippen LogP) is 2.55. The molecule has 134 valence electrons. The Morgan fingerprint density at radius 3 is 2.15 bits per heavy atom. The van der Waals surface area contributed by atoms with Crippen LogP contribution in [0.25, 0.3) is 6.08 Å². The smallest absolute Gasteiger partial charge is 0.200 e. The van der Waals surface area contributed by atoms with Crippen molar-refractivity contribution < 1.29 is 25.5 Å². The van der Waals surface area contributed by atoms with Crippen molar-refractivity contribution >= 4 is 23.3 Å². The average molecular weight is 372 g/mol. The number of nitriles is 1. The van der Waals surface area contributed by atoms with Gasteiger partial charge < -0.3 is 30.8 Å². The summed E-state index contributed by atoms with van der Waals surface area (Å²) in [6.45, 7) is 1.71. The Balaban J connectivity index is 2.18. The fourth-order valence-electron chi connectivity index (χ4n) is 2.23. The van der Waals surface area contributed by atoms with E-state index in [1.165, 1.54) is 24.3 Å². The third-order valence-corrected chi connectivity index (χ3v) is 3.93. The van der Waals surface area contributed by atoms with Gasteiger partial charge in [0.2, 0.25) is 0 Å². The number of nitrogens with zero attached hydrogens (tertiary/aromatic N) is 1. The Bertz CT molecular complexity index is 901. The van der Waals surface area contributed by atoms with Crippen LogP contribution in [0.2, 0.25) is 0 Å². The van der Waals surface area contributed by atoms with Gasteiger partial charge in [-0.3, -0.25) is 0 Å². The number of nitrogens with one attached hydrogen (secondary N) is 1. The number of benzene rings is 2. The molecule has 2 aromatic carbocycles. The van der Waals surface area contributed by atoms with Gasteiger partial charge in [-0.25, -0.2) is 0 Å². The maximum absolute atomic E-state index is 9.65. The molecule has 0 fully saturated rings. The van der Waals surface area contributed by atoms with Crippen molar-refractivity contribution in [3.05, 3.63) is 46.5 Å². The number of aryl methyl sites for hydroxylation is 1. The third-order valence-electron chi connectivity index (χ3n) is 3.56. The topological polar surface area (TPSA) is 137 Å². The molecule has 7 nitrogen and oxygen atoms in total. The predicted molar refractivity (Wildman–Crippen MR) is 99.0 cm³/mol. The normalized spacial score (nSPS) is 11.0. The van der Waals surface area contributed by atoms with Crippen LogP contribution in [0.3, 0.4) is 0 Å². The Morgan fingerprint density at radius 1 is 1.04 bits per heavy atom. The molecular formula is C18H16N2O5S. The van der Waals surface area contributed by atoms with E-state index in [4.69, 9.17) is 12.2 Å². The van der Waals surface area contributed by atoms with Crippen molar-refractivity contribution in [2.45, 2.75) is 13.5 Å². The maximum Gasteiger partial charge on any atom is 0.200 e. The number of aromatic hydroxyl groups is 5. The standard InChI is InChI=1S/C18H16N2O5S/c1-9-2-10(4-13(21)16(9)24)3-12(7-19)18(26)20-8-11-5-14(22)17(25)15(23)6-11/h2-6,21-25H,8H2,1H3,(H,20,26)/b12-3-. The fraction of sp³-hybridized carbons (Fsp3) is 0.111. The third kappa shape index (κ3) is 4.15. The van der Waals surface area contributed by atoms with Gasteiger partial charge in [-0.15, -0.1) is 0 Å². The molecular weight excluding hydrogens is 356 g/mol. The van der Waals surface area contributed by atoms with E-state index in [0.717, 1.165) is 0 Å². The van der Waals surface area contributed by atoms with Gasteiger partial charge in [0, 0.05) is 6.54 Å². The average Bonchev–Trinajstić information content (AvgIpc) is 2.59. The van der Waals surface area contributed by atoms with Gasteiger partial charge in [0.15, 0.2) is 28.7 Å². The summed E-state index contributed by atoms with van der Waals surface area (Å²) >= 11 is 5.17. The summed E-state index contributed by atoms with van der Waals surface area (Å²) in [7, 11) is 0. The quantitative estimate of drug-likeness (QED) is 0.208. The van der Waals surface area contributed by atoms with E-state index in [1.807, 2.05) is 6.07 Å². The molecule has 0 saturated carbocycles. The zero-order valence-corrected chi connectivity index (χ0v) is 14.5. The van der Waals surface area contributed by atoms with Crippen LogP contribution >= 0.6 is 12.2 Å². The van der Waals surface area contributed by atoms with Crippen LogP contribution in [0.1, 0.15) is 16.7 Å². The van der Waals surface area contributed by atoms with E-state index in [0.29, 0.717) is 16.7 Å². The van der Waals surface area contributed by atoms with Gasteiger partial charge in [-0.05, 0) is 54.0 Å². The van der Waals surface area contributed by atoms with Gasteiger partial charge in [-0.1, -0.05) is 12.2 Å². The van der Waals surface area contributed by atoms with Crippen molar-refractivity contribution in [1.29, 1.82) is 5.26 Å². The molecule has 0 radical (unpaired) electrons. The number of rotatable bonds is 4. The molecule has 26 heavy (non-hydrogen) atoms. The van der Waals surface area contributed by atoms with Crippen molar-refractivity contribution in [1.82, 2.24) is 5.32 Å². The van der Waals surface area contributed by atoms with Crippen LogP contribution in [0.15, 0.2) is 29.8 Å². The highest BCUT2D eigenvalue weighted by Crippen LogP contribution is 2.35. The Labute approximate surface area is 154 Å². The monoisotopic (exact) mass is 372 g/mol. The lowest BCUT2D eigenvalue weighted by Crippen LogP contribution is -2.22. The summed E-state index contributed by atoms with van der Waals surface area (Å²) in [5, 5.41) is 59.6. The van der Waals surface area contributed by atoms with Crippen LogP contribution in [0.4, 0.5) is 0 Å². The van der Waals surface area contributed by atoms with E-state index in [1.54, 1.807) is 13.0 Å². The zero-order valence-electron chi connectivity index (χ0n) is 13.7. The minimum atomic E-state index is -0.614. The summed E-state index contributed by atoms with van der Waals surface area (Å²) in [6, 6.07) is 7.34. The Morgan fingerprint density at radius 2 is 1.62 bits per heavy atom. The second-order valence-electron chi connectivity index (χ2n) is 5.54. The van der Waals surface area contributed by atoms with E-state index in [-0.39, 0.29) is 28.6 Å². The van der Waals surface area contributed by atoms with Crippen LogP contribution in [0, 0.1) is 18.3 Å². The lowest BCUT2D eigenvalue weighted by atomic mass is 10.1.